The second kappa shape index (κ2) is 6.20. The number of nitrogens with two attached hydrogens (primary N) is 1. The van der Waals surface area contributed by atoms with Crippen LogP contribution < -0.4 is 5.73 Å². The summed E-state index contributed by atoms with van der Waals surface area (Å²) < 4.78 is 1.98. The van der Waals surface area contributed by atoms with Gasteiger partial charge in [0, 0.05) is 18.4 Å². The van der Waals surface area contributed by atoms with Gasteiger partial charge in [-0.25, -0.2) is 0 Å². The summed E-state index contributed by atoms with van der Waals surface area (Å²) in [6.07, 6.45) is 3.43. The molecule has 1 heterocycles. The lowest BCUT2D eigenvalue weighted by Gasteiger charge is -2.08. The summed E-state index contributed by atoms with van der Waals surface area (Å²) in [4.78, 5) is 11.2. The van der Waals surface area contributed by atoms with E-state index >= 15 is 0 Å². The molecule has 3 rings (SSSR count). The minimum atomic E-state index is -0.717. The zero-order chi connectivity index (χ0) is 16.2. The highest BCUT2D eigenvalue weighted by Crippen LogP contribution is 2.18. The number of carbonyl (C=O) groups is 1. The van der Waals surface area contributed by atoms with Crippen molar-refractivity contribution in [2.45, 2.75) is 6.54 Å². The van der Waals surface area contributed by atoms with E-state index < -0.39 is 5.91 Å². The first kappa shape index (κ1) is 14.6. The van der Waals surface area contributed by atoms with Crippen LogP contribution in [0.5, 0.6) is 0 Å². The van der Waals surface area contributed by atoms with Gasteiger partial charge in [0.15, 0.2) is 0 Å². The van der Waals surface area contributed by atoms with Gasteiger partial charge in [-0.2, -0.15) is 5.26 Å². The standard InChI is InChI=1S/C19H15N3O/c20-12-17(19(21)23)11-18-6-3-9-22(18)13-14-7-8-15-4-1-2-5-16(15)10-14/h1-11H,13H2,(H2,21,23). The van der Waals surface area contributed by atoms with Crippen LogP contribution in [0.1, 0.15) is 11.3 Å². The van der Waals surface area contributed by atoms with Crippen LogP contribution in [0.3, 0.4) is 0 Å². The molecule has 23 heavy (non-hydrogen) atoms. The maximum Gasteiger partial charge on any atom is 0.259 e. The average molecular weight is 301 g/mol. The van der Waals surface area contributed by atoms with Gasteiger partial charge in [0.2, 0.25) is 0 Å². The fourth-order valence-electron chi connectivity index (χ4n) is 2.54. The molecule has 2 N–H and O–H groups in total. The molecular weight excluding hydrogens is 286 g/mol. The first-order valence-corrected chi connectivity index (χ1v) is 7.22. The fraction of sp³-hybridized carbons (Fsp3) is 0.0526. The number of hydrogen-bond donors (Lipinski definition) is 1. The molecule has 0 atom stereocenters. The summed E-state index contributed by atoms with van der Waals surface area (Å²) >= 11 is 0. The minimum absolute atomic E-state index is 0.0524. The second-order valence-electron chi connectivity index (χ2n) is 5.28. The van der Waals surface area contributed by atoms with Crippen LogP contribution in [0.15, 0.2) is 66.4 Å². The maximum absolute atomic E-state index is 11.2. The molecule has 4 nitrogen and oxygen atoms in total. The fourth-order valence-corrected chi connectivity index (χ4v) is 2.54. The minimum Gasteiger partial charge on any atom is -0.365 e. The smallest absolute Gasteiger partial charge is 0.259 e. The molecule has 0 fully saturated rings. The molecule has 3 aromatic rings. The van der Waals surface area contributed by atoms with Crippen LogP contribution >= 0.6 is 0 Å². The van der Waals surface area contributed by atoms with E-state index in [-0.39, 0.29) is 5.57 Å². The summed E-state index contributed by atoms with van der Waals surface area (Å²) in [7, 11) is 0. The number of aromatic nitrogens is 1. The van der Waals surface area contributed by atoms with Gasteiger partial charge in [-0.15, -0.1) is 0 Å². The molecule has 0 radical (unpaired) electrons. The van der Waals surface area contributed by atoms with Crippen LogP contribution in [0, 0.1) is 11.3 Å². The number of hydrogen-bond acceptors (Lipinski definition) is 2. The Morgan fingerprint density at radius 3 is 2.65 bits per heavy atom. The lowest BCUT2D eigenvalue weighted by Crippen LogP contribution is -2.13. The molecule has 2 aromatic carbocycles. The number of fused-ring (bicyclic) bond motifs is 1. The number of nitrogens with zero attached hydrogens (tertiary/aromatic N) is 2. The van der Waals surface area contributed by atoms with Gasteiger partial charge >= 0.3 is 0 Å². The summed E-state index contributed by atoms with van der Waals surface area (Å²) in [6.45, 7) is 0.654. The highest BCUT2D eigenvalue weighted by atomic mass is 16.1. The Morgan fingerprint density at radius 1 is 1.13 bits per heavy atom. The Kier molecular flexibility index (Phi) is 3.94. The first-order valence-electron chi connectivity index (χ1n) is 7.22. The van der Waals surface area contributed by atoms with Crippen molar-refractivity contribution in [3.8, 4) is 6.07 Å². The van der Waals surface area contributed by atoms with E-state index in [1.165, 1.54) is 16.8 Å². The van der Waals surface area contributed by atoms with Gasteiger partial charge in [0.05, 0.1) is 0 Å². The molecule has 0 saturated heterocycles. The number of nitriles is 1. The zero-order valence-corrected chi connectivity index (χ0v) is 12.4. The normalized spacial score (nSPS) is 11.3. The third-order valence-electron chi connectivity index (χ3n) is 3.71. The predicted molar refractivity (Wildman–Crippen MR) is 90.3 cm³/mol. The van der Waals surface area contributed by atoms with Crippen molar-refractivity contribution >= 4 is 22.8 Å². The van der Waals surface area contributed by atoms with Gasteiger partial charge in [0.1, 0.15) is 11.6 Å². The van der Waals surface area contributed by atoms with Crippen molar-refractivity contribution in [1.82, 2.24) is 4.57 Å². The highest BCUT2D eigenvalue weighted by molar-refractivity contribution is 6.00. The van der Waals surface area contributed by atoms with Gasteiger partial charge < -0.3 is 10.3 Å². The summed E-state index contributed by atoms with van der Waals surface area (Å²) in [5.41, 5.74) is 7.05. The Bertz CT molecular complexity index is 944. The van der Waals surface area contributed by atoms with E-state index in [0.717, 1.165) is 11.3 Å². The lowest BCUT2D eigenvalue weighted by atomic mass is 10.1. The van der Waals surface area contributed by atoms with Crippen molar-refractivity contribution in [3.05, 3.63) is 77.6 Å². The molecule has 0 unspecified atom stereocenters. The van der Waals surface area contributed by atoms with Crippen molar-refractivity contribution < 1.29 is 4.79 Å². The average Bonchev–Trinajstić information content (AvgIpc) is 2.99. The van der Waals surface area contributed by atoms with E-state index in [1.54, 1.807) is 0 Å². The predicted octanol–water partition coefficient (Wildman–Crippen LogP) is 3.08. The Morgan fingerprint density at radius 2 is 1.91 bits per heavy atom. The zero-order valence-electron chi connectivity index (χ0n) is 12.4. The van der Waals surface area contributed by atoms with E-state index in [2.05, 4.69) is 30.3 Å². The number of amides is 1. The third-order valence-corrected chi connectivity index (χ3v) is 3.71. The van der Waals surface area contributed by atoms with E-state index in [9.17, 15) is 4.79 Å². The number of carbonyl (C=O) groups excluding carboxylic acids is 1. The monoisotopic (exact) mass is 301 g/mol. The van der Waals surface area contributed by atoms with Crippen LogP contribution in [0.2, 0.25) is 0 Å². The van der Waals surface area contributed by atoms with E-state index in [0.29, 0.717) is 6.54 Å². The van der Waals surface area contributed by atoms with Gasteiger partial charge in [-0.3, -0.25) is 4.79 Å². The summed E-state index contributed by atoms with van der Waals surface area (Å²) in [5.74, 6) is -0.717. The molecule has 1 amide bonds. The largest absolute Gasteiger partial charge is 0.365 e. The topological polar surface area (TPSA) is 71.8 Å². The van der Waals surface area contributed by atoms with Crippen LogP contribution in [-0.4, -0.2) is 10.5 Å². The molecule has 0 aliphatic rings. The van der Waals surface area contributed by atoms with Gasteiger partial charge in [0.25, 0.3) is 5.91 Å². The SMILES string of the molecule is N#CC(=Cc1cccn1Cc1ccc2ccccc2c1)C(N)=O. The second-order valence-corrected chi connectivity index (χ2v) is 5.28. The molecule has 0 spiro atoms. The van der Waals surface area contributed by atoms with Crippen LogP contribution in [0.25, 0.3) is 16.8 Å². The Hall–Kier alpha value is -3.32. The molecular formula is C19H15N3O. The summed E-state index contributed by atoms with van der Waals surface area (Å²) in [6, 6.07) is 20.1. The summed E-state index contributed by atoms with van der Waals surface area (Å²) in [5, 5.41) is 11.3. The van der Waals surface area contributed by atoms with Crippen molar-refractivity contribution in [3.63, 3.8) is 0 Å². The molecule has 0 saturated carbocycles. The van der Waals surface area contributed by atoms with Gasteiger partial charge in [-0.05, 0) is 40.6 Å². The number of rotatable bonds is 4. The van der Waals surface area contributed by atoms with Crippen molar-refractivity contribution in [2.75, 3.05) is 0 Å². The molecule has 4 heteroatoms. The molecule has 1 aromatic heterocycles. The lowest BCUT2D eigenvalue weighted by molar-refractivity contribution is -0.114. The van der Waals surface area contributed by atoms with E-state index in [1.807, 2.05) is 41.1 Å². The quantitative estimate of drug-likeness (QED) is 0.594. The molecule has 0 bridgehead atoms. The molecule has 0 aliphatic heterocycles. The van der Waals surface area contributed by atoms with E-state index in [4.69, 9.17) is 11.0 Å². The van der Waals surface area contributed by atoms with Gasteiger partial charge in [-0.1, -0.05) is 36.4 Å². The van der Waals surface area contributed by atoms with Crippen LogP contribution in [0.4, 0.5) is 0 Å². The third kappa shape index (κ3) is 3.14. The number of benzene rings is 2. The number of primary amides is 1. The van der Waals surface area contributed by atoms with Crippen LogP contribution in [-0.2, 0) is 11.3 Å². The van der Waals surface area contributed by atoms with Crippen molar-refractivity contribution in [1.29, 1.82) is 5.26 Å². The van der Waals surface area contributed by atoms with Crippen molar-refractivity contribution in [2.24, 2.45) is 5.73 Å². The molecule has 0 aliphatic carbocycles. The highest BCUT2D eigenvalue weighted by Gasteiger charge is 2.06. The maximum atomic E-state index is 11.2. The first-order chi connectivity index (χ1) is 11.2. The Balaban J connectivity index is 1.93. The Labute approximate surface area is 134 Å². The molecule has 112 valence electrons.